The van der Waals surface area contributed by atoms with Crippen LogP contribution in [0.2, 0.25) is 0 Å². The predicted octanol–water partition coefficient (Wildman–Crippen LogP) is 8.72. The van der Waals surface area contributed by atoms with Crippen molar-refractivity contribution in [2.75, 3.05) is 0 Å². The van der Waals surface area contributed by atoms with Gasteiger partial charge in [0.25, 0.3) is 0 Å². The van der Waals surface area contributed by atoms with Crippen LogP contribution in [0.25, 0.3) is 70.8 Å². The Hall–Kier alpha value is -4.56. The van der Waals surface area contributed by atoms with Crippen LogP contribution in [0.5, 0.6) is 0 Å². The normalized spacial score (nSPS) is 12.1. The Bertz CT molecular complexity index is 2070. The minimum absolute atomic E-state index is 1.18. The van der Waals surface area contributed by atoms with Gasteiger partial charge in [-0.3, -0.25) is 0 Å². The second kappa shape index (κ2) is 6.49. The van der Waals surface area contributed by atoms with Crippen LogP contribution in [-0.2, 0) is 0 Å². The molecule has 8 aromatic rings. The van der Waals surface area contributed by atoms with Crippen LogP contribution >= 0.6 is 0 Å². The van der Waals surface area contributed by atoms with Gasteiger partial charge in [0.1, 0.15) is 0 Å². The number of nitrogens with zero attached hydrogens (tertiary/aromatic N) is 1. The number of H-pyrrole nitrogens is 1. The van der Waals surface area contributed by atoms with Gasteiger partial charge in [0.15, 0.2) is 0 Å². The summed E-state index contributed by atoms with van der Waals surface area (Å²) in [5.74, 6) is 0. The first-order valence-electron chi connectivity index (χ1n) is 11.7. The summed E-state index contributed by atoms with van der Waals surface area (Å²) < 4.78 is 2.40. The smallest absolute Gasteiger partial charge is 0.0566 e. The Kier molecular flexibility index (Phi) is 3.42. The molecule has 0 aliphatic carbocycles. The van der Waals surface area contributed by atoms with E-state index in [0.29, 0.717) is 0 Å². The molecule has 0 saturated carbocycles. The van der Waals surface area contributed by atoms with Crippen LogP contribution in [0, 0.1) is 0 Å². The molecule has 0 fully saturated rings. The molecule has 0 aliphatic rings. The lowest BCUT2D eigenvalue weighted by molar-refractivity contribution is 1.19. The molecule has 2 heteroatoms. The van der Waals surface area contributed by atoms with Gasteiger partial charge in [0, 0.05) is 32.7 Å². The third kappa shape index (κ3) is 2.29. The maximum atomic E-state index is 3.79. The van der Waals surface area contributed by atoms with Crippen LogP contribution in [0.3, 0.4) is 0 Å². The summed E-state index contributed by atoms with van der Waals surface area (Å²) in [7, 11) is 0. The van der Waals surface area contributed by atoms with Crippen molar-refractivity contribution in [3.63, 3.8) is 0 Å². The van der Waals surface area contributed by atoms with E-state index in [1.165, 1.54) is 70.8 Å². The molecule has 0 saturated heterocycles. The second-order valence-electron chi connectivity index (χ2n) is 9.10. The number of hydrogen-bond acceptors (Lipinski definition) is 0. The summed E-state index contributed by atoms with van der Waals surface area (Å²) >= 11 is 0. The third-order valence-electron chi connectivity index (χ3n) is 7.29. The fraction of sp³-hybridized carbons (Fsp3) is 0. The molecule has 8 rings (SSSR count). The lowest BCUT2D eigenvalue weighted by Gasteiger charge is -2.09. The van der Waals surface area contributed by atoms with Gasteiger partial charge in [-0.15, -0.1) is 0 Å². The van der Waals surface area contributed by atoms with Gasteiger partial charge in [0.05, 0.1) is 16.6 Å². The molecule has 2 aromatic heterocycles. The van der Waals surface area contributed by atoms with E-state index < -0.39 is 0 Å². The van der Waals surface area contributed by atoms with Crippen molar-refractivity contribution in [2.24, 2.45) is 0 Å². The maximum absolute atomic E-state index is 3.79. The van der Waals surface area contributed by atoms with Crippen molar-refractivity contribution >= 4 is 65.2 Å². The highest BCUT2D eigenvalue weighted by Crippen LogP contribution is 2.40. The molecule has 2 heterocycles. The first kappa shape index (κ1) is 17.9. The first-order chi connectivity index (χ1) is 16.9. The summed E-state index contributed by atoms with van der Waals surface area (Å²) in [6.07, 6.45) is 0. The lowest BCUT2D eigenvalue weighted by atomic mass is 10.0. The average Bonchev–Trinajstić information content (AvgIpc) is 3.44. The predicted molar refractivity (Wildman–Crippen MR) is 145 cm³/mol. The standard InChI is InChI=1S/C32H20N2/c1-2-9-22-19-23(15-13-20(22)7-1)34-28-12-6-5-11-25(28)31-29(34)18-16-26-30-24-10-4-3-8-21(24)14-17-27(30)33-32(26)31/h1-19,33H. The Labute approximate surface area is 195 Å². The zero-order valence-electron chi connectivity index (χ0n) is 18.4. The van der Waals surface area contributed by atoms with Crippen molar-refractivity contribution in [2.45, 2.75) is 0 Å². The number of para-hydroxylation sites is 1. The molecule has 2 nitrogen and oxygen atoms in total. The Morgan fingerprint density at radius 2 is 1.21 bits per heavy atom. The van der Waals surface area contributed by atoms with Gasteiger partial charge >= 0.3 is 0 Å². The molecular weight excluding hydrogens is 412 g/mol. The molecule has 0 aliphatic heterocycles. The molecule has 0 atom stereocenters. The number of fused-ring (bicyclic) bond motifs is 10. The van der Waals surface area contributed by atoms with E-state index >= 15 is 0 Å². The second-order valence-corrected chi connectivity index (χ2v) is 9.10. The van der Waals surface area contributed by atoms with Crippen LogP contribution in [0.4, 0.5) is 0 Å². The molecule has 0 unspecified atom stereocenters. The molecule has 0 radical (unpaired) electrons. The topological polar surface area (TPSA) is 20.7 Å². The summed E-state index contributed by atoms with van der Waals surface area (Å²) in [5.41, 5.74) is 6.03. The lowest BCUT2D eigenvalue weighted by Crippen LogP contribution is -1.93. The van der Waals surface area contributed by atoms with Gasteiger partial charge < -0.3 is 9.55 Å². The van der Waals surface area contributed by atoms with E-state index in [1.54, 1.807) is 0 Å². The van der Waals surface area contributed by atoms with E-state index in [-0.39, 0.29) is 0 Å². The maximum Gasteiger partial charge on any atom is 0.0566 e. The number of rotatable bonds is 1. The zero-order valence-corrected chi connectivity index (χ0v) is 18.4. The van der Waals surface area contributed by atoms with Gasteiger partial charge in [-0.1, -0.05) is 84.9 Å². The highest BCUT2D eigenvalue weighted by molar-refractivity contribution is 6.29. The number of benzene rings is 6. The Morgan fingerprint density at radius 3 is 2.12 bits per heavy atom. The van der Waals surface area contributed by atoms with Gasteiger partial charge in [-0.25, -0.2) is 0 Å². The molecule has 0 bridgehead atoms. The molecule has 158 valence electrons. The molecule has 34 heavy (non-hydrogen) atoms. The van der Waals surface area contributed by atoms with Crippen LogP contribution in [0.15, 0.2) is 115 Å². The quantitative estimate of drug-likeness (QED) is 0.268. The van der Waals surface area contributed by atoms with Gasteiger partial charge in [-0.05, 0) is 51.9 Å². The fourth-order valence-corrected chi connectivity index (χ4v) is 5.79. The van der Waals surface area contributed by atoms with Gasteiger partial charge in [-0.2, -0.15) is 0 Å². The summed E-state index contributed by atoms with van der Waals surface area (Å²) in [6, 6.07) is 41.7. The van der Waals surface area contributed by atoms with Crippen LogP contribution in [0.1, 0.15) is 0 Å². The van der Waals surface area contributed by atoms with Crippen molar-refractivity contribution in [1.82, 2.24) is 9.55 Å². The van der Waals surface area contributed by atoms with Crippen LogP contribution < -0.4 is 0 Å². The first-order valence-corrected chi connectivity index (χ1v) is 11.7. The summed E-state index contributed by atoms with van der Waals surface area (Å²) in [6.45, 7) is 0. The van der Waals surface area contributed by atoms with Crippen molar-refractivity contribution in [3.8, 4) is 5.69 Å². The number of aromatic amines is 1. The van der Waals surface area contributed by atoms with Gasteiger partial charge in [0.2, 0.25) is 0 Å². The van der Waals surface area contributed by atoms with Crippen molar-refractivity contribution < 1.29 is 0 Å². The highest BCUT2D eigenvalue weighted by Gasteiger charge is 2.18. The molecule has 0 spiro atoms. The largest absolute Gasteiger partial charge is 0.354 e. The van der Waals surface area contributed by atoms with E-state index in [1.807, 2.05) is 0 Å². The molecule has 1 N–H and O–H groups in total. The monoisotopic (exact) mass is 432 g/mol. The minimum atomic E-state index is 1.18. The van der Waals surface area contributed by atoms with Crippen molar-refractivity contribution in [3.05, 3.63) is 115 Å². The van der Waals surface area contributed by atoms with E-state index in [0.717, 1.165) is 0 Å². The van der Waals surface area contributed by atoms with E-state index in [4.69, 9.17) is 0 Å². The molecule has 0 amide bonds. The Morgan fingerprint density at radius 1 is 0.471 bits per heavy atom. The van der Waals surface area contributed by atoms with E-state index in [9.17, 15) is 0 Å². The van der Waals surface area contributed by atoms with Crippen molar-refractivity contribution in [1.29, 1.82) is 0 Å². The minimum Gasteiger partial charge on any atom is -0.354 e. The molecule has 6 aromatic carbocycles. The van der Waals surface area contributed by atoms with Crippen LogP contribution in [-0.4, -0.2) is 9.55 Å². The summed E-state index contributed by atoms with van der Waals surface area (Å²) in [5, 5.41) is 10.2. The van der Waals surface area contributed by atoms with E-state index in [2.05, 4.69) is 125 Å². The fourth-order valence-electron chi connectivity index (χ4n) is 5.79. The zero-order chi connectivity index (χ0) is 22.2. The summed E-state index contributed by atoms with van der Waals surface area (Å²) in [4.78, 5) is 3.79. The Balaban J connectivity index is 1.55. The average molecular weight is 433 g/mol. The number of nitrogens with one attached hydrogen (secondary N) is 1. The molecular formula is C32H20N2. The third-order valence-corrected chi connectivity index (χ3v) is 7.29. The number of aromatic nitrogens is 2. The SMILES string of the molecule is c1ccc2cc(-n3c4ccccc4c4c5[nH]c6ccc7ccccc7c6c5ccc43)ccc2c1. The highest BCUT2D eigenvalue weighted by atomic mass is 15.0. The number of hydrogen-bond donors (Lipinski definition) is 1.